The number of nitrogens with one attached hydrogen (secondary N) is 1. The van der Waals surface area contributed by atoms with Crippen molar-refractivity contribution in [2.45, 2.75) is 45.8 Å². The number of hydrogen-bond acceptors (Lipinski definition) is 6. The summed E-state index contributed by atoms with van der Waals surface area (Å²) in [4.78, 5) is 23.5. The van der Waals surface area contributed by atoms with Crippen molar-refractivity contribution in [2.24, 2.45) is 0 Å². The lowest BCUT2D eigenvalue weighted by Crippen LogP contribution is -2.40. The van der Waals surface area contributed by atoms with Crippen LogP contribution in [0.3, 0.4) is 0 Å². The first-order valence-electron chi connectivity index (χ1n) is 7.93. The number of benzene rings is 1. The summed E-state index contributed by atoms with van der Waals surface area (Å²) in [6, 6.07) is 8.40. The monoisotopic (exact) mass is 348 g/mol. The van der Waals surface area contributed by atoms with Crippen LogP contribution in [0.1, 0.15) is 33.3 Å². The van der Waals surface area contributed by atoms with E-state index < -0.39 is 17.7 Å². The molecule has 0 radical (unpaired) electrons. The molecule has 7 heteroatoms. The number of amides is 1. The van der Waals surface area contributed by atoms with Crippen molar-refractivity contribution in [2.75, 3.05) is 13.2 Å². The molecule has 0 saturated carbocycles. The molecule has 0 aliphatic rings. The van der Waals surface area contributed by atoms with Crippen LogP contribution < -0.4 is 10.1 Å². The van der Waals surface area contributed by atoms with Gasteiger partial charge in [-0.1, -0.05) is 12.1 Å². The van der Waals surface area contributed by atoms with Crippen molar-refractivity contribution in [3.05, 3.63) is 29.8 Å². The number of nitrogens with zero attached hydrogens (tertiary/aromatic N) is 1. The van der Waals surface area contributed by atoms with Crippen LogP contribution in [0.15, 0.2) is 24.3 Å². The standard InChI is InChI=1S/C18H24N2O5/c1-13(20-17(22)25-18(2,3)4)12-24-16(21)11-14-6-5-7-15(10-14)23-9-8-19/h5-7,10,13H,9,11-12H2,1-4H3,(H,20,22)/t13-/m1/s1. The highest BCUT2D eigenvalue weighted by Gasteiger charge is 2.18. The average molecular weight is 348 g/mol. The quantitative estimate of drug-likeness (QED) is 0.761. The molecule has 0 heterocycles. The van der Waals surface area contributed by atoms with Gasteiger partial charge in [-0.25, -0.2) is 4.79 Å². The zero-order valence-electron chi connectivity index (χ0n) is 15.0. The summed E-state index contributed by atoms with van der Waals surface area (Å²) in [6.07, 6.45) is -0.485. The summed E-state index contributed by atoms with van der Waals surface area (Å²) < 4.78 is 15.5. The van der Waals surface area contributed by atoms with Gasteiger partial charge in [-0.3, -0.25) is 4.79 Å². The summed E-state index contributed by atoms with van der Waals surface area (Å²) in [5.74, 6) is 0.0992. The highest BCUT2D eigenvalue weighted by atomic mass is 16.6. The van der Waals surface area contributed by atoms with Gasteiger partial charge in [-0.05, 0) is 45.4 Å². The van der Waals surface area contributed by atoms with E-state index in [1.807, 2.05) is 6.07 Å². The third kappa shape index (κ3) is 9.20. The first kappa shape index (κ1) is 20.3. The Morgan fingerprint density at radius 2 is 2.04 bits per heavy atom. The molecule has 1 amide bonds. The molecule has 1 aromatic rings. The third-order valence-electron chi connectivity index (χ3n) is 2.81. The van der Waals surface area contributed by atoms with Crippen molar-refractivity contribution in [3.63, 3.8) is 0 Å². The molecule has 0 aliphatic heterocycles. The number of ether oxygens (including phenoxy) is 3. The fourth-order valence-corrected chi connectivity index (χ4v) is 1.85. The van der Waals surface area contributed by atoms with Crippen molar-refractivity contribution in [3.8, 4) is 11.8 Å². The predicted octanol–water partition coefficient (Wildman–Crippen LogP) is 2.59. The minimum Gasteiger partial charge on any atom is -0.479 e. The lowest BCUT2D eigenvalue weighted by atomic mass is 10.1. The zero-order chi connectivity index (χ0) is 18.9. The smallest absolute Gasteiger partial charge is 0.407 e. The molecule has 0 fully saturated rings. The van der Waals surface area contributed by atoms with Crippen molar-refractivity contribution in [1.82, 2.24) is 5.32 Å². The predicted molar refractivity (Wildman–Crippen MR) is 91.0 cm³/mol. The molecular formula is C18H24N2O5. The maximum Gasteiger partial charge on any atom is 0.407 e. The first-order valence-corrected chi connectivity index (χ1v) is 7.93. The van der Waals surface area contributed by atoms with Crippen LogP contribution in [0.25, 0.3) is 0 Å². The van der Waals surface area contributed by atoms with E-state index in [0.717, 1.165) is 0 Å². The van der Waals surface area contributed by atoms with E-state index >= 15 is 0 Å². The number of esters is 1. The molecule has 0 aliphatic carbocycles. The minimum atomic E-state index is -0.584. The van der Waals surface area contributed by atoms with Crippen LogP contribution in [0.5, 0.6) is 5.75 Å². The summed E-state index contributed by atoms with van der Waals surface area (Å²) in [5.41, 5.74) is 0.132. The normalized spacial score (nSPS) is 11.8. The minimum absolute atomic E-state index is 0.0443. The van der Waals surface area contributed by atoms with Gasteiger partial charge >= 0.3 is 12.1 Å². The Kier molecular flexibility index (Phi) is 7.73. The SMILES string of the molecule is C[C@H](COC(=O)Cc1cccc(OCC#N)c1)NC(=O)OC(C)(C)C. The Morgan fingerprint density at radius 3 is 2.68 bits per heavy atom. The molecular weight excluding hydrogens is 324 g/mol. The number of alkyl carbamates (subject to hydrolysis) is 1. The number of hydrogen-bond donors (Lipinski definition) is 1. The first-order chi connectivity index (χ1) is 11.7. The van der Waals surface area contributed by atoms with Crippen molar-refractivity contribution < 1.29 is 23.8 Å². The van der Waals surface area contributed by atoms with E-state index in [4.69, 9.17) is 19.5 Å². The third-order valence-corrected chi connectivity index (χ3v) is 2.81. The number of carbonyl (C=O) groups is 2. The lowest BCUT2D eigenvalue weighted by molar-refractivity contribution is -0.143. The van der Waals surface area contributed by atoms with Gasteiger partial charge in [0.1, 0.15) is 24.0 Å². The highest BCUT2D eigenvalue weighted by Crippen LogP contribution is 2.14. The molecule has 0 aromatic heterocycles. The Morgan fingerprint density at radius 1 is 1.32 bits per heavy atom. The Labute approximate surface area is 147 Å². The number of nitriles is 1. The van der Waals surface area contributed by atoms with Gasteiger partial charge in [0.25, 0.3) is 0 Å². The highest BCUT2D eigenvalue weighted by molar-refractivity contribution is 5.73. The largest absolute Gasteiger partial charge is 0.479 e. The van der Waals surface area contributed by atoms with Crippen LogP contribution in [-0.4, -0.2) is 36.9 Å². The lowest BCUT2D eigenvalue weighted by Gasteiger charge is -2.21. The fourth-order valence-electron chi connectivity index (χ4n) is 1.85. The number of rotatable bonds is 7. The fraction of sp³-hybridized carbons (Fsp3) is 0.500. The van der Waals surface area contributed by atoms with Gasteiger partial charge in [0, 0.05) is 0 Å². The molecule has 1 atom stereocenters. The van der Waals surface area contributed by atoms with Crippen molar-refractivity contribution in [1.29, 1.82) is 5.26 Å². The van der Waals surface area contributed by atoms with Crippen molar-refractivity contribution >= 4 is 12.1 Å². The molecule has 136 valence electrons. The topological polar surface area (TPSA) is 97.6 Å². The van der Waals surface area contributed by atoms with E-state index in [2.05, 4.69) is 5.32 Å². The molecule has 0 spiro atoms. The molecule has 0 saturated heterocycles. The summed E-state index contributed by atoms with van der Waals surface area (Å²) in [6.45, 7) is 7.02. The van der Waals surface area contributed by atoms with E-state index in [9.17, 15) is 9.59 Å². The van der Waals surface area contributed by atoms with Crippen LogP contribution in [-0.2, 0) is 20.7 Å². The molecule has 7 nitrogen and oxygen atoms in total. The average Bonchev–Trinajstić information content (AvgIpc) is 2.49. The van der Waals surface area contributed by atoms with Crippen LogP contribution in [0.4, 0.5) is 4.79 Å². The van der Waals surface area contributed by atoms with Gasteiger partial charge < -0.3 is 19.5 Å². The molecule has 25 heavy (non-hydrogen) atoms. The van der Waals surface area contributed by atoms with E-state index in [-0.39, 0.29) is 25.7 Å². The summed E-state index contributed by atoms with van der Waals surface area (Å²) in [7, 11) is 0. The van der Waals surface area contributed by atoms with Gasteiger partial charge in [-0.2, -0.15) is 5.26 Å². The van der Waals surface area contributed by atoms with E-state index in [0.29, 0.717) is 11.3 Å². The molecule has 1 N–H and O–H groups in total. The molecule has 1 rings (SSSR count). The van der Waals surface area contributed by atoms with Gasteiger partial charge in [0.15, 0.2) is 6.61 Å². The molecule has 0 unspecified atom stereocenters. The zero-order valence-corrected chi connectivity index (χ0v) is 15.0. The maximum absolute atomic E-state index is 11.9. The van der Waals surface area contributed by atoms with E-state index in [1.165, 1.54) is 0 Å². The Balaban J connectivity index is 2.39. The van der Waals surface area contributed by atoms with E-state index in [1.54, 1.807) is 52.0 Å². The van der Waals surface area contributed by atoms with Crippen LogP contribution in [0, 0.1) is 11.3 Å². The molecule has 0 bridgehead atoms. The van der Waals surface area contributed by atoms with Gasteiger partial charge in [-0.15, -0.1) is 0 Å². The van der Waals surface area contributed by atoms with Gasteiger partial charge in [0.2, 0.25) is 0 Å². The summed E-state index contributed by atoms with van der Waals surface area (Å²) >= 11 is 0. The van der Waals surface area contributed by atoms with Gasteiger partial charge in [0.05, 0.1) is 12.5 Å². The van der Waals surface area contributed by atoms with Crippen LogP contribution >= 0.6 is 0 Å². The van der Waals surface area contributed by atoms with Crippen LogP contribution in [0.2, 0.25) is 0 Å². The summed E-state index contributed by atoms with van der Waals surface area (Å²) in [5, 5.41) is 11.1. The maximum atomic E-state index is 11.9. The second-order valence-corrected chi connectivity index (χ2v) is 6.50. The second-order valence-electron chi connectivity index (χ2n) is 6.50. The Bertz CT molecular complexity index is 631. The number of carbonyl (C=O) groups excluding carboxylic acids is 2. The second kappa shape index (κ2) is 9.52. The Hall–Kier alpha value is -2.75. The molecule has 1 aromatic carbocycles.